The highest BCUT2D eigenvalue weighted by Crippen LogP contribution is 2.27. The molecule has 0 saturated carbocycles. The Bertz CT molecular complexity index is 342. The molecule has 82 valence electrons. The summed E-state index contributed by atoms with van der Waals surface area (Å²) in [5.41, 5.74) is 1.06. The van der Waals surface area contributed by atoms with Crippen molar-refractivity contribution in [1.82, 2.24) is 9.97 Å². The Kier molecular flexibility index (Phi) is 3.83. The van der Waals surface area contributed by atoms with Crippen LogP contribution in [-0.4, -0.2) is 29.4 Å². The maximum atomic E-state index is 5.95. The van der Waals surface area contributed by atoms with Crippen LogP contribution in [0.4, 0.5) is 0 Å². The fourth-order valence-corrected chi connectivity index (χ4v) is 2.34. The predicted octanol–water partition coefficient (Wildman–Crippen LogP) is 2.75. The molecule has 1 saturated heterocycles. The molecule has 1 fully saturated rings. The molecule has 1 aromatic heterocycles. The van der Waals surface area contributed by atoms with E-state index in [1.807, 2.05) is 12.3 Å². The molecule has 5 heteroatoms. The molecule has 1 aliphatic rings. The lowest BCUT2D eigenvalue weighted by Crippen LogP contribution is -2.15. The van der Waals surface area contributed by atoms with Crippen molar-refractivity contribution in [2.45, 2.75) is 23.9 Å². The molecule has 0 spiro atoms. The normalized spacial score (nSPS) is 18.0. The monoisotopic (exact) mass is 244 g/mol. The van der Waals surface area contributed by atoms with Crippen LogP contribution in [0, 0.1) is 0 Å². The van der Waals surface area contributed by atoms with E-state index in [1.165, 1.54) is 11.8 Å². The number of nitrogens with zero attached hydrogens (tertiary/aromatic N) is 2. The number of thioether (sulfide) groups is 1. The summed E-state index contributed by atoms with van der Waals surface area (Å²) in [6, 6.07) is 1.87. The van der Waals surface area contributed by atoms with Gasteiger partial charge in [0.25, 0.3) is 0 Å². The zero-order chi connectivity index (χ0) is 10.7. The van der Waals surface area contributed by atoms with E-state index in [9.17, 15) is 0 Å². The summed E-state index contributed by atoms with van der Waals surface area (Å²) < 4.78 is 5.33. The number of hydrogen-bond donors (Lipinski definition) is 0. The molecule has 15 heavy (non-hydrogen) atoms. The first kappa shape index (κ1) is 11.2. The number of halogens is 1. The Morgan fingerprint density at radius 3 is 2.80 bits per heavy atom. The van der Waals surface area contributed by atoms with E-state index in [2.05, 4.69) is 9.97 Å². The maximum Gasteiger partial charge on any atom is 0.188 e. The van der Waals surface area contributed by atoms with Gasteiger partial charge in [-0.25, -0.2) is 9.97 Å². The van der Waals surface area contributed by atoms with Gasteiger partial charge in [0.15, 0.2) is 5.16 Å². The van der Waals surface area contributed by atoms with E-state index in [4.69, 9.17) is 16.3 Å². The van der Waals surface area contributed by atoms with Crippen molar-refractivity contribution in [2.75, 3.05) is 19.5 Å². The summed E-state index contributed by atoms with van der Waals surface area (Å²) in [7, 11) is 0. The van der Waals surface area contributed by atoms with E-state index in [0.717, 1.165) is 36.9 Å². The summed E-state index contributed by atoms with van der Waals surface area (Å²) in [5.74, 6) is 0.477. The Hall–Kier alpha value is -0.320. The summed E-state index contributed by atoms with van der Waals surface area (Å²) >= 11 is 7.48. The molecule has 1 aromatic rings. The quantitative estimate of drug-likeness (QED) is 0.455. The average Bonchev–Trinajstić information content (AvgIpc) is 2.29. The summed E-state index contributed by atoms with van der Waals surface area (Å²) in [6.45, 7) is 1.64. The van der Waals surface area contributed by atoms with Crippen LogP contribution in [0.15, 0.2) is 11.2 Å². The molecule has 1 aliphatic heterocycles. The van der Waals surface area contributed by atoms with E-state index in [-0.39, 0.29) is 0 Å². The molecule has 0 amide bonds. The molecule has 3 nitrogen and oxygen atoms in total. The van der Waals surface area contributed by atoms with Crippen molar-refractivity contribution in [3.05, 3.63) is 16.9 Å². The van der Waals surface area contributed by atoms with Crippen LogP contribution in [0.25, 0.3) is 0 Å². The summed E-state index contributed by atoms with van der Waals surface area (Å²) in [6.07, 6.45) is 4.02. The molecule has 0 aliphatic carbocycles. The number of aromatic nitrogens is 2. The third-order valence-electron chi connectivity index (χ3n) is 2.52. The largest absolute Gasteiger partial charge is 0.381 e. The van der Waals surface area contributed by atoms with Crippen LogP contribution < -0.4 is 0 Å². The Balaban J connectivity index is 2.22. The van der Waals surface area contributed by atoms with E-state index >= 15 is 0 Å². The lowest BCUT2D eigenvalue weighted by molar-refractivity contribution is 0.0843. The van der Waals surface area contributed by atoms with Gasteiger partial charge in [-0.3, -0.25) is 0 Å². The fraction of sp³-hybridized carbons (Fsp3) is 0.600. The molecular weight excluding hydrogens is 232 g/mol. The van der Waals surface area contributed by atoms with E-state index < -0.39 is 0 Å². The smallest absolute Gasteiger partial charge is 0.188 e. The highest BCUT2D eigenvalue weighted by Gasteiger charge is 2.18. The summed E-state index contributed by atoms with van der Waals surface area (Å²) in [4.78, 5) is 8.62. The standard InChI is InChI=1S/C10H13ClN2OS/c1-15-10-12-8(6-9(11)13-10)7-2-4-14-5-3-7/h6-7H,2-5H2,1H3. The molecule has 2 heterocycles. The van der Waals surface area contributed by atoms with E-state index in [1.54, 1.807) is 0 Å². The van der Waals surface area contributed by atoms with E-state index in [0.29, 0.717) is 11.1 Å². The van der Waals surface area contributed by atoms with Crippen LogP contribution in [0.2, 0.25) is 5.15 Å². The second kappa shape index (κ2) is 5.14. The second-order valence-electron chi connectivity index (χ2n) is 3.49. The molecule has 0 aromatic carbocycles. The molecular formula is C10H13ClN2OS. The van der Waals surface area contributed by atoms with Gasteiger partial charge in [-0.05, 0) is 25.2 Å². The van der Waals surface area contributed by atoms with Gasteiger partial charge in [-0.2, -0.15) is 0 Å². The molecule has 0 bridgehead atoms. The van der Waals surface area contributed by atoms with Crippen molar-refractivity contribution in [3.63, 3.8) is 0 Å². The number of ether oxygens (including phenoxy) is 1. The minimum absolute atomic E-state index is 0.477. The Morgan fingerprint density at radius 1 is 1.40 bits per heavy atom. The van der Waals surface area contributed by atoms with Gasteiger partial charge in [0.1, 0.15) is 5.15 Å². The van der Waals surface area contributed by atoms with Gasteiger partial charge in [0, 0.05) is 24.8 Å². The van der Waals surface area contributed by atoms with Crippen LogP contribution in [0.5, 0.6) is 0 Å². The van der Waals surface area contributed by atoms with Crippen molar-refractivity contribution in [3.8, 4) is 0 Å². The first-order valence-electron chi connectivity index (χ1n) is 4.96. The fourth-order valence-electron chi connectivity index (χ4n) is 1.71. The number of rotatable bonds is 2. The first-order chi connectivity index (χ1) is 7.29. The molecule has 0 radical (unpaired) electrons. The third-order valence-corrected chi connectivity index (χ3v) is 3.26. The van der Waals surface area contributed by atoms with Crippen LogP contribution >= 0.6 is 23.4 Å². The number of hydrogen-bond acceptors (Lipinski definition) is 4. The van der Waals surface area contributed by atoms with Gasteiger partial charge in [-0.15, -0.1) is 0 Å². The highest BCUT2D eigenvalue weighted by molar-refractivity contribution is 7.98. The Labute approximate surface area is 98.6 Å². The first-order valence-corrected chi connectivity index (χ1v) is 6.56. The van der Waals surface area contributed by atoms with Crippen LogP contribution in [-0.2, 0) is 4.74 Å². The van der Waals surface area contributed by atoms with Gasteiger partial charge in [0.2, 0.25) is 0 Å². The second-order valence-corrected chi connectivity index (χ2v) is 4.65. The van der Waals surface area contributed by atoms with Crippen molar-refractivity contribution in [2.24, 2.45) is 0 Å². The highest BCUT2D eigenvalue weighted by atomic mass is 35.5. The zero-order valence-corrected chi connectivity index (χ0v) is 10.1. The van der Waals surface area contributed by atoms with Gasteiger partial charge < -0.3 is 4.74 Å². The Morgan fingerprint density at radius 2 is 2.13 bits per heavy atom. The molecule has 0 unspecified atom stereocenters. The van der Waals surface area contributed by atoms with Gasteiger partial charge in [0.05, 0.1) is 0 Å². The van der Waals surface area contributed by atoms with Crippen molar-refractivity contribution in [1.29, 1.82) is 0 Å². The minimum Gasteiger partial charge on any atom is -0.381 e. The SMILES string of the molecule is CSc1nc(Cl)cc(C2CCOCC2)n1. The average molecular weight is 245 g/mol. The molecule has 2 rings (SSSR count). The van der Waals surface area contributed by atoms with Crippen molar-refractivity contribution < 1.29 is 4.74 Å². The molecule has 0 atom stereocenters. The maximum absolute atomic E-state index is 5.95. The molecule has 0 N–H and O–H groups in total. The topological polar surface area (TPSA) is 35.0 Å². The van der Waals surface area contributed by atoms with Crippen LogP contribution in [0.3, 0.4) is 0 Å². The minimum atomic E-state index is 0.477. The van der Waals surface area contributed by atoms with Gasteiger partial charge in [-0.1, -0.05) is 23.4 Å². The van der Waals surface area contributed by atoms with Gasteiger partial charge >= 0.3 is 0 Å². The summed E-state index contributed by atoms with van der Waals surface area (Å²) in [5, 5.41) is 1.29. The van der Waals surface area contributed by atoms with Crippen molar-refractivity contribution >= 4 is 23.4 Å². The lowest BCUT2D eigenvalue weighted by atomic mass is 9.96. The third kappa shape index (κ3) is 2.83. The predicted molar refractivity (Wildman–Crippen MR) is 61.6 cm³/mol. The van der Waals surface area contributed by atoms with Crippen LogP contribution in [0.1, 0.15) is 24.5 Å². The zero-order valence-electron chi connectivity index (χ0n) is 8.57. The lowest BCUT2D eigenvalue weighted by Gasteiger charge is -2.21.